The van der Waals surface area contributed by atoms with Crippen molar-refractivity contribution in [2.24, 2.45) is 5.92 Å². The number of carbonyl (C=O) groups excluding carboxylic acids is 3. The smallest absolute Gasteiger partial charge is 0.321 e. The van der Waals surface area contributed by atoms with Gasteiger partial charge in [0.2, 0.25) is 0 Å². The number of hydrogen-bond acceptors (Lipinski definition) is 4. The molecule has 2 aromatic rings. The summed E-state index contributed by atoms with van der Waals surface area (Å²) in [6.07, 6.45) is 0. The number of rotatable bonds is 4. The van der Waals surface area contributed by atoms with Crippen molar-refractivity contribution in [1.82, 2.24) is 9.80 Å². The summed E-state index contributed by atoms with van der Waals surface area (Å²) in [4.78, 5) is 42.9. The average Bonchev–Trinajstić information content (AvgIpc) is 2.98. The molecule has 1 fully saturated rings. The third-order valence-corrected chi connectivity index (χ3v) is 5.53. The maximum absolute atomic E-state index is 13.1. The summed E-state index contributed by atoms with van der Waals surface area (Å²) < 4.78 is 13.1. The quantitative estimate of drug-likeness (QED) is 0.764. The lowest BCUT2D eigenvalue weighted by molar-refractivity contribution is 0.0636. The van der Waals surface area contributed by atoms with Crippen molar-refractivity contribution in [2.45, 2.75) is 13.8 Å². The molecule has 0 unspecified atom stereocenters. The second-order valence-electron chi connectivity index (χ2n) is 8.26. The molecule has 162 valence electrons. The van der Waals surface area contributed by atoms with Gasteiger partial charge in [0.15, 0.2) is 0 Å². The third kappa shape index (κ3) is 4.23. The minimum absolute atomic E-state index is 0.176. The molecule has 0 atom stereocenters. The van der Waals surface area contributed by atoms with Crippen LogP contribution in [0.25, 0.3) is 0 Å². The van der Waals surface area contributed by atoms with Gasteiger partial charge in [0.1, 0.15) is 5.82 Å². The number of hydrogen-bond donors (Lipinski definition) is 1. The first kappa shape index (κ1) is 20.8. The number of urea groups is 1. The Morgan fingerprint density at radius 3 is 2.26 bits per heavy atom. The van der Waals surface area contributed by atoms with Gasteiger partial charge in [-0.1, -0.05) is 13.8 Å². The minimum Gasteiger partial charge on any atom is -0.368 e. The van der Waals surface area contributed by atoms with E-state index in [-0.39, 0.29) is 29.6 Å². The number of halogens is 1. The highest BCUT2D eigenvalue weighted by atomic mass is 19.1. The van der Waals surface area contributed by atoms with Gasteiger partial charge < -0.3 is 15.1 Å². The summed E-state index contributed by atoms with van der Waals surface area (Å²) >= 11 is 0. The van der Waals surface area contributed by atoms with Crippen LogP contribution in [0.1, 0.15) is 34.6 Å². The van der Waals surface area contributed by atoms with Gasteiger partial charge in [0, 0.05) is 44.1 Å². The van der Waals surface area contributed by atoms with Crippen molar-refractivity contribution in [3.05, 3.63) is 59.4 Å². The molecular formula is C23H25FN4O3. The fraction of sp³-hybridized carbons (Fsp3) is 0.348. The van der Waals surface area contributed by atoms with Gasteiger partial charge in [-0.05, 0) is 48.4 Å². The molecule has 0 radical (unpaired) electrons. The number of nitrogens with one attached hydrogen (secondary N) is 1. The maximum Gasteiger partial charge on any atom is 0.321 e. The summed E-state index contributed by atoms with van der Waals surface area (Å²) in [7, 11) is 0. The van der Waals surface area contributed by atoms with E-state index in [4.69, 9.17) is 0 Å². The van der Waals surface area contributed by atoms with E-state index in [1.807, 2.05) is 13.8 Å². The number of amides is 4. The van der Waals surface area contributed by atoms with Gasteiger partial charge in [-0.2, -0.15) is 0 Å². The molecule has 0 aromatic heterocycles. The van der Waals surface area contributed by atoms with E-state index in [2.05, 4.69) is 10.2 Å². The van der Waals surface area contributed by atoms with E-state index < -0.39 is 0 Å². The van der Waals surface area contributed by atoms with E-state index >= 15 is 0 Å². The Balaban J connectivity index is 1.38. The van der Waals surface area contributed by atoms with Crippen LogP contribution in [0.3, 0.4) is 0 Å². The zero-order valence-electron chi connectivity index (χ0n) is 17.6. The summed E-state index contributed by atoms with van der Waals surface area (Å²) in [6.45, 7) is 6.59. The lowest BCUT2D eigenvalue weighted by atomic mass is 10.1. The van der Waals surface area contributed by atoms with Gasteiger partial charge >= 0.3 is 6.03 Å². The number of nitrogens with zero attached hydrogens (tertiary/aromatic N) is 3. The molecule has 2 aromatic carbocycles. The highest BCUT2D eigenvalue weighted by Crippen LogP contribution is 2.27. The predicted octanol–water partition coefficient (Wildman–Crippen LogP) is 3.43. The van der Waals surface area contributed by atoms with Gasteiger partial charge in [-0.3, -0.25) is 14.5 Å². The first-order chi connectivity index (χ1) is 14.8. The van der Waals surface area contributed by atoms with Gasteiger partial charge in [-0.25, -0.2) is 9.18 Å². The number of imide groups is 1. The van der Waals surface area contributed by atoms with Crippen LogP contribution in [0.15, 0.2) is 42.5 Å². The van der Waals surface area contributed by atoms with Crippen LogP contribution in [0.4, 0.5) is 20.6 Å². The molecule has 1 N–H and O–H groups in total. The van der Waals surface area contributed by atoms with Crippen molar-refractivity contribution in [2.75, 3.05) is 42.9 Å². The number of piperazine rings is 1. The van der Waals surface area contributed by atoms with Crippen molar-refractivity contribution < 1.29 is 18.8 Å². The maximum atomic E-state index is 13.1. The first-order valence-corrected chi connectivity index (χ1v) is 10.4. The summed E-state index contributed by atoms with van der Waals surface area (Å²) in [5.41, 5.74) is 2.10. The lowest BCUT2D eigenvalue weighted by Gasteiger charge is -2.36. The summed E-state index contributed by atoms with van der Waals surface area (Å²) in [6, 6.07) is 10.9. The van der Waals surface area contributed by atoms with E-state index in [9.17, 15) is 18.8 Å². The number of anilines is 2. The highest BCUT2D eigenvalue weighted by molar-refractivity contribution is 6.21. The predicted molar refractivity (Wildman–Crippen MR) is 116 cm³/mol. The average molecular weight is 424 g/mol. The second kappa shape index (κ2) is 8.37. The molecule has 0 bridgehead atoms. The van der Waals surface area contributed by atoms with Crippen LogP contribution in [-0.4, -0.2) is 60.4 Å². The fourth-order valence-corrected chi connectivity index (χ4v) is 3.92. The van der Waals surface area contributed by atoms with Crippen LogP contribution >= 0.6 is 0 Å². The van der Waals surface area contributed by atoms with Gasteiger partial charge in [-0.15, -0.1) is 0 Å². The second-order valence-corrected chi connectivity index (χ2v) is 8.26. The zero-order chi connectivity index (χ0) is 22.1. The number of carbonyl (C=O) groups is 3. The van der Waals surface area contributed by atoms with Crippen molar-refractivity contribution in [1.29, 1.82) is 0 Å². The van der Waals surface area contributed by atoms with Crippen molar-refractivity contribution >= 4 is 29.2 Å². The highest BCUT2D eigenvalue weighted by Gasteiger charge is 2.36. The lowest BCUT2D eigenvalue weighted by Crippen LogP contribution is -2.50. The Morgan fingerprint density at radius 2 is 1.61 bits per heavy atom. The molecule has 2 aliphatic rings. The summed E-state index contributed by atoms with van der Waals surface area (Å²) in [5, 5.41) is 2.83. The molecule has 2 heterocycles. The van der Waals surface area contributed by atoms with Crippen molar-refractivity contribution in [3.8, 4) is 0 Å². The Bertz CT molecular complexity index is 1010. The van der Waals surface area contributed by atoms with E-state index in [1.165, 1.54) is 17.0 Å². The normalized spacial score (nSPS) is 16.2. The molecule has 8 heteroatoms. The van der Waals surface area contributed by atoms with Crippen LogP contribution in [0.2, 0.25) is 0 Å². The topological polar surface area (TPSA) is 73.0 Å². The molecule has 4 amide bonds. The fourth-order valence-electron chi connectivity index (χ4n) is 3.92. The van der Waals surface area contributed by atoms with Crippen LogP contribution in [0, 0.1) is 11.7 Å². The molecule has 1 saturated heterocycles. The number of benzene rings is 2. The molecule has 0 spiro atoms. The van der Waals surface area contributed by atoms with Crippen LogP contribution in [-0.2, 0) is 0 Å². The molecule has 0 aliphatic carbocycles. The van der Waals surface area contributed by atoms with Crippen molar-refractivity contribution in [3.63, 3.8) is 0 Å². The summed E-state index contributed by atoms with van der Waals surface area (Å²) in [5.74, 6) is -0.709. The molecular weight excluding hydrogens is 399 g/mol. The standard InChI is InChI=1S/C23H25FN4O3/c1-15(2)14-28-21(29)19-8-5-17(13-20(19)22(28)30)25-23(31)27-11-9-26(10-12-27)18-6-3-16(24)4-7-18/h3-8,13,15H,9-12,14H2,1-2H3,(H,25,31). The van der Waals surface area contributed by atoms with E-state index in [0.29, 0.717) is 49.5 Å². The largest absolute Gasteiger partial charge is 0.368 e. The molecule has 31 heavy (non-hydrogen) atoms. The van der Waals surface area contributed by atoms with Gasteiger partial charge in [0.05, 0.1) is 11.1 Å². The third-order valence-electron chi connectivity index (χ3n) is 5.53. The monoisotopic (exact) mass is 424 g/mol. The van der Waals surface area contributed by atoms with Crippen LogP contribution < -0.4 is 10.2 Å². The van der Waals surface area contributed by atoms with Gasteiger partial charge in [0.25, 0.3) is 11.8 Å². The Labute approximate surface area is 180 Å². The number of fused-ring (bicyclic) bond motifs is 1. The Hall–Kier alpha value is -3.42. The zero-order valence-corrected chi connectivity index (χ0v) is 17.6. The molecule has 0 saturated carbocycles. The first-order valence-electron chi connectivity index (χ1n) is 10.4. The Morgan fingerprint density at radius 1 is 0.968 bits per heavy atom. The molecule has 2 aliphatic heterocycles. The Kier molecular flexibility index (Phi) is 5.63. The minimum atomic E-state index is -0.322. The molecule has 4 rings (SSSR count). The molecule has 7 nitrogen and oxygen atoms in total. The SMILES string of the molecule is CC(C)CN1C(=O)c2ccc(NC(=O)N3CCN(c4ccc(F)cc4)CC3)cc2C1=O. The van der Waals surface area contributed by atoms with E-state index in [1.54, 1.807) is 35.2 Å². The van der Waals surface area contributed by atoms with E-state index in [0.717, 1.165) is 5.69 Å². The van der Waals surface area contributed by atoms with Crippen LogP contribution in [0.5, 0.6) is 0 Å².